The number of rotatable bonds is 4. The number of nitrogens with one attached hydrogen (secondary N) is 2. The summed E-state index contributed by atoms with van der Waals surface area (Å²) < 4.78 is 0. The fourth-order valence-corrected chi connectivity index (χ4v) is 1.62. The third-order valence-corrected chi connectivity index (χ3v) is 2.52. The number of hydrogen-bond donors (Lipinski definition) is 2. The van der Waals surface area contributed by atoms with Gasteiger partial charge in [-0.05, 0) is 26.8 Å². The van der Waals surface area contributed by atoms with Crippen molar-refractivity contribution in [1.29, 1.82) is 0 Å². The molecule has 0 aliphatic rings. The van der Waals surface area contributed by atoms with Crippen molar-refractivity contribution in [3.63, 3.8) is 0 Å². The molecule has 1 rings (SSSR count). The topological polar surface area (TPSA) is 40.7 Å². The van der Waals surface area contributed by atoms with E-state index in [1.165, 1.54) is 17.0 Å². The molecule has 0 bridgehead atoms. The number of H-pyrrole nitrogens is 1. The molecule has 0 aliphatic heterocycles. The van der Waals surface area contributed by atoms with Crippen LogP contribution in [0.4, 0.5) is 0 Å². The Bertz CT molecular complexity index is 244. The Morgan fingerprint density at radius 3 is 2.54 bits per heavy atom. The lowest BCUT2D eigenvalue weighted by molar-refractivity contribution is 0.639. The molecule has 0 spiro atoms. The Kier molecular flexibility index (Phi) is 3.48. The lowest BCUT2D eigenvalue weighted by atomic mass is 10.0. The first kappa shape index (κ1) is 10.3. The summed E-state index contributed by atoms with van der Waals surface area (Å²) in [5.41, 5.74) is 3.81. The summed E-state index contributed by atoms with van der Waals surface area (Å²) in [6.07, 6.45) is 2.02. The fourth-order valence-electron chi connectivity index (χ4n) is 1.62. The van der Waals surface area contributed by atoms with Crippen molar-refractivity contribution in [3.05, 3.63) is 17.0 Å². The van der Waals surface area contributed by atoms with E-state index >= 15 is 0 Å². The summed E-state index contributed by atoms with van der Waals surface area (Å²) in [6.45, 7) is 6.46. The molecule has 0 radical (unpaired) electrons. The molecule has 0 fully saturated rings. The Morgan fingerprint density at radius 2 is 2.08 bits per heavy atom. The van der Waals surface area contributed by atoms with E-state index in [0.29, 0.717) is 6.04 Å². The zero-order chi connectivity index (χ0) is 9.84. The first-order valence-electron chi connectivity index (χ1n) is 4.97. The summed E-state index contributed by atoms with van der Waals surface area (Å²) >= 11 is 0. The molecular weight excluding hydrogens is 162 g/mol. The monoisotopic (exact) mass is 181 g/mol. The lowest BCUT2D eigenvalue weighted by Crippen LogP contribution is -2.14. The Balaban J connectivity index is 3.04. The van der Waals surface area contributed by atoms with Crippen LogP contribution in [0.3, 0.4) is 0 Å². The van der Waals surface area contributed by atoms with Gasteiger partial charge in [-0.25, -0.2) is 0 Å². The highest BCUT2D eigenvalue weighted by Gasteiger charge is 2.15. The van der Waals surface area contributed by atoms with Crippen molar-refractivity contribution in [1.82, 2.24) is 15.5 Å². The molecule has 0 amide bonds. The van der Waals surface area contributed by atoms with Gasteiger partial charge in [0.2, 0.25) is 0 Å². The summed E-state index contributed by atoms with van der Waals surface area (Å²) in [5, 5.41) is 10.7. The van der Waals surface area contributed by atoms with Gasteiger partial charge in [0.05, 0.1) is 5.69 Å². The van der Waals surface area contributed by atoms with E-state index in [1.807, 2.05) is 7.05 Å². The standard InChI is InChI=1S/C10H19N3/c1-5-8-10(7(3)11-4)9(6-2)13-12-8/h7,11H,5-6H2,1-4H3,(H,12,13). The maximum absolute atomic E-state index is 4.31. The molecule has 1 aromatic heterocycles. The van der Waals surface area contributed by atoms with E-state index in [1.54, 1.807) is 0 Å². The van der Waals surface area contributed by atoms with Gasteiger partial charge < -0.3 is 5.32 Å². The minimum atomic E-state index is 0.392. The third kappa shape index (κ3) is 1.91. The first-order chi connectivity index (χ1) is 6.24. The predicted molar refractivity (Wildman–Crippen MR) is 54.8 cm³/mol. The van der Waals surface area contributed by atoms with Gasteiger partial charge in [0, 0.05) is 17.3 Å². The maximum atomic E-state index is 4.31. The summed E-state index contributed by atoms with van der Waals surface area (Å²) in [6, 6.07) is 0.392. The average molecular weight is 181 g/mol. The highest BCUT2D eigenvalue weighted by molar-refractivity contribution is 5.28. The van der Waals surface area contributed by atoms with Crippen molar-refractivity contribution in [3.8, 4) is 0 Å². The van der Waals surface area contributed by atoms with Gasteiger partial charge in [0.25, 0.3) is 0 Å². The molecule has 1 atom stereocenters. The molecule has 1 unspecified atom stereocenters. The zero-order valence-corrected chi connectivity index (χ0v) is 8.94. The van der Waals surface area contributed by atoms with E-state index < -0.39 is 0 Å². The first-order valence-corrected chi connectivity index (χ1v) is 4.97. The van der Waals surface area contributed by atoms with Crippen molar-refractivity contribution in [2.24, 2.45) is 0 Å². The van der Waals surface area contributed by atoms with Crippen molar-refractivity contribution in [2.75, 3.05) is 7.05 Å². The van der Waals surface area contributed by atoms with Crippen LogP contribution >= 0.6 is 0 Å². The number of aromatic nitrogens is 2. The number of hydrogen-bond acceptors (Lipinski definition) is 2. The quantitative estimate of drug-likeness (QED) is 0.743. The van der Waals surface area contributed by atoms with Crippen LogP contribution in [0.15, 0.2) is 0 Å². The minimum Gasteiger partial charge on any atom is -0.313 e. The summed E-state index contributed by atoms with van der Waals surface area (Å²) in [4.78, 5) is 0. The van der Waals surface area contributed by atoms with Crippen molar-refractivity contribution < 1.29 is 0 Å². The van der Waals surface area contributed by atoms with E-state index in [9.17, 15) is 0 Å². The fraction of sp³-hybridized carbons (Fsp3) is 0.700. The highest BCUT2D eigenvalue weighted by atomic mass is 15.1. The second kappa shape index (κ2) is 4.42. The average Bonchev–Trinajstić information content (AvgIpc) is 2.59. The summed E-state index contributed by atoms with van der Waals surface area (Å²) in [5.74, 6) is 0. The number of nitrogens with zero attached hydrogens (tertiary/aromatic N) is 1. The van der Waals surface area contributed by atoms with Crippen LogP contribution in [0.25, 0.3) is 0 Å². The van der Waals surface area contributed by atoms with E-state index in [4.69, 9.17) is 0 Å². The third-order valence-electron chi connectivity index (χ3n) is 2.52. The van der Waals surface area contributed by atoms with Crippen molar-refractivity contribution in [2.45, 2.75) is 39.7 Å². The van der Waals surface area contributed by atoms with Gasteiger partial charge >= 0.3 is 0 Å². The molecule has 0 saturated heterocycles. The van der Waals surface area contributed by atoms with Crippen LogP contribution in [0, 0.1) is 0 Å². The van der Waals surface area contributed by atoms with E-state index in [0.717, 1.165) is 12.8 Å². The molecular formula is C10H19N3. The van der Waals surface area contributed by atoms with Crippen molar-refractivity contribution >= 4 is 0 Å². The molecule has 13 heavy (non-hydrogen) atoms. The molecule has 74 valence electrons. The smallest absolute Gasteiger partial charge is 0.0669 e. The Labute approximate surface area is 79.9 Å². The van der Waals surface area contributed by atoms with Crippen LogP contribution in [0.5, 0.6) is 0 Å². The Morgan fingerprint density at radius 1 is 1.38 bits per heavy atom. The number of aryl methyl sites for hydroxylation is 2. The maximum Gasteiger partial charge on any atom is 0.0669 e. The molecule has 1 aromatic rings. The van der Waals surface area contributed by atoms with Crippen LogP contribution < -0.4 is 5.32 Å². The lowest BCUT2D eigenvalue weighted by Gasteiger charge is -2.11. The number of aromatic amines is 1. The van der Waals surface area contributed by atoms with Crippen LogP contribution in [-0.4, -0.2) is 17.2 Å². The largest absolute Gasteiger partial charge is 0.313 e. The van der Waals surface area contributed by atoms with Gasteiger partial charge in [-0.1, -0.05) is 13.8 Å². The highest BCUT2D eigenvalue weighted by Crippen LogP contribution is 2.20. The summed E-state index contributed by atoms with van der Waals surface area (Å²) in [7, 11) is 1.98. The second-order valence-corrected chi connectivity index (χ2v) is 3.28. The minimum absolute atomic E-state index is 0.392. The molecule has 0 aromatic carbocycles. The van der Waals surface area contributed by atoms with Gasteiger partial charge in [-0.3, -0.25) is 5.10 Å². The molecule has 1 heterocycles. The van der Waals surface area contributed by atoms with Gasteiger partial charge in [-0.2, -0.15) is 5.10 Å². The van der Waals surface area contributed by atoms with Gasteiger partial charge in [0.15, 0.2) is 0 Å². The van der Waals surface area contributed by atoms with Gasteiger partial charge in [-0.15, -0.1) is 0 Å². The molecule has 2 N–H and O–H groups in total. The van der Waals surface area contributed by atoms with Gasteiger partial charge in [0.1, 0.15) is 0 Å². The second-order valence-electron chi connectivity index (χ2n) is 3.28. The molecule has 3 heteroatoms. The SMILES string of the molecule is CCc1n[nH]c(CC)c1C(C)NC. The van der Waals surface area contributed by atoms with E-state index in [2.05, 4.69) is 36.3 Å². The predicted octanol–water partition coefficient (Wildman–Crippen LogP) is 1.81. The zero-order valence-electron chi connectivity index (χ0n) is 8.94. The van der Waals surface area contributed by atoms with Crippen LogP contribution in [0.2, 0.25) is 0 Å². The van der Waals surface area contributed by atoms with Crippen LogP contribution in [0.1, 0.15) is 43.8 Å². The molecule has 0 saturated carbocycles. The molecule has 3 nitrogen and oxygen atoms in total. The Hall–Kier alpha value is -0.830. The molecule has 0 aliphatic carbocycles. The normalized spacial score (nSPS) is 13.2. The van der Waals surface area contributed by atoms with Crippen LogP contribution in [-0.2, 0) is 12.8 Å². The van der Waals surface area contributed by atoms with E-state index in [-0.39, 0.29) is 0 Å².